The lowest BCUT2D eigenvalue weighted by Crippen LogP contribution is -2.37. The number of hydrogen-bond donors (Lipinski definition) is 4. The standard InChI is InChI=1S/C23H23N5O4.ClH/c1-28-18-7-6-15(23(8-9-23)22(32)26-12-19(29)30)11-16(18)27-17(21(28)31)10-13-2-4-14(5-3-13)20(24)25;/h2-7,11H,8-10,12H2,1H3,(H3,24,25)(H,26,32)(H,29,30);1H. The van der Waals surface area contributed by atoms with Crippen LogP contribution in [0.4, 0.5) is 0 Å². The van der Waals surface area contributed by atoms with E-state index in [-0.39, 0.29) is 29.7 Å². The van der Waals surface area contributed by atoms with Gasteiger partial charge in [-0.2, -0.15) is 0 Å². The monoisotopic (exact) mass is 469 g/mol. The van der Waals surface area contributed by atoms with Gasteiger partial charge < -0.3 is 20.7 Å². The van der Waals surface area contributed by atoms with Gasteiger partial charge in [0.15, 0.2) is 0 Å². The average Bonchev–Trinajstić information content (AvgIpc) is 3.58. The predicted octanol–water partition coefficient (Wildman–Crippen LogP) is 1.46. The lowest BCUT2D eigenvalue weighted by Gasteiger charge is -2.16. The number of rotatable bonds is 7. The van der Waals surface area contributed by atoms with E-state index in [1.165, 1.54) is 4.57 Å². The first kappa shape index (κ1) is 23.9. The summed E-state index contributed by atoms with van der Waals surface area (Å²) in [7, 11) is 1.68. The topological polar surface area (TPSA) is 151 Å². The number of carboxylic acid groups (broad SMARTS) is 1. The van der Waals surface area contributed by atoms with Crippen LogP contribution in [0, 0.1) is 5.41 Å². The maximum atomic E-state index is 12.8. The average molecular weight is 470 g/mol. The van der Waals surface area contributed by atoms with Crippen molar-refractivity contribution in [1.82, 2.24) is 14.9 Å². The molecule has 10 heteroatoms. The van der Waals surface area contributed by atoms with Gasteiger partial charge in [0, 0.05) is 19.0 Å². The number of fused-ring (bicyclic) bond motifs is 1. The number of carboxylic acids is 1. The van der Waals surface area contributed by atoms with Crippen molar-refractivity contribution in [3.05, 3.63) is 75.2 Å². The van der Waals surface area contributed by atoms with Crippen molar-refractivity contribution in [3.8, 4) is 0 Å². The molecule has 1 fully saturated rings. The molecular weight excluding hydrogens is 446 g/mol. The van der Waals surface area contributed by atoms with Gasteiger partial charge >= 0.3 is 5.97 Å². The maximum absolute atomic E-state index is 12.8. The van der Waals surface area contributed by atoms with Crippen molar-refractivity contribution < 1.29 is 14.7 Å². The van der Waals surface area contributed by atoms with Gasteiger partial charge in [-0.15, -0.1) is 12.4 Å². The Bertz CT molecular complexity index is 1310. The van der Waals surface area contributed by atoms with Crippen LogP contribution in [0.3, 0.4) is 0 Å². The van der Waals surface area contributed by atoms with Gasteiger partial charge in [0.2, 0.25) is 5.91 Å². The molecule has 1 saturated carbocycles. The van der Waals surface area contributed by atoms with Crippen molar-refractivity contribution in [2.75, 3.05) is 6.54 Å². The highest BCUT2D eigenvalue weighted by molar-refractivity contribution is 5.95. The lowest BCUT2D eigenvalue weighted by atomic mass is 9.94. The number of benzene rings is 2. The van der Waals surface area contributed by atoms with E-state index in [0.717, 1.165) is 11.1 Å². The van der Waals surface area contributed by atoms with E-state index in [1.54, 1.807) is 31.3 Å². The van der Waals surface area contributed by atoms with Gasteiger partial charge in [0.25, 0.3) is 5.56 Å². The molecule has 9 nitrogen and oxygen atoms in total. The van der Waals surface area contributed by atoms with Crippen LogP contribution in [0.2, 0.25) is 0 Å². The molecule has 0 spiro atoms. The Labute approximate surface area is 195 Å². The van der Waals surface area contributed by atoms with Crippen LogP contribution >= 0.6 is 12.4 Å². The van der Waals surface area contributed by atoms with Crippen LogP contribution in [0.25, 0.3) is 11.0 Å². The number of amidine groups is 1. The second-order valence-corrected chi connectivity index (χ2v) is 8.07. The molecule has 33 heavy (non-hydrogen) atoms. The number of halogens is 1. The number of aryl methyl sites for hydroxylation is 1. The van der Waals surface area contributed by atoms with E-state index in [1.807, 2.05) is 18.2 Å². The van der Waals surface area contributed by atoms with E-state index >= 15 is 0 Å². The van der Waals surface area contributed by atoms with Gasteiger partial charge in [-0.05, 0) is 36.1 Å². The van der Waals surface area contributed by atoms with Crippen LogP contribution in [-0.2, 0) is 28.5 Å². The molecule has 1 amide bonds. The SMILES string of the molecule is Cl.Cn1c(=O)c(Cc2ccc(C(=N)N)cc2)nc2cc(C3(C(=O)NCC(=O)O)CC3)ccc21. The fraction of sp³-hybridized carbons (Fsp3) is 0.261. The molecule has 0 aliphatic heterocycles. The first-order chi connectivity index (χ1) is 15.2. The molecule has 1 aromatic heterocycles. The largest absolute Gasteiger partial charge is 0.480 e. The first-order valence-corrected chi connectivity index (χ1v) is 10.1. The Morgan fingerprint density at radius 2 is 1.88 bits per heavy atom. The molecule has 5 N–H and O–H groups in total. The van der Waals surface area contributed by atoms with Gasteiger partial charge in [-0.1, -0.05) is 30.3 Å². The predicted molar refractivity (Wildman–Crippen MR) is 126 cm³/mol. The maximum Gasteiger partial charge on any atom is 0.322 e. The van der Waals surface area contributed by atoms with Crippen molar-refractivity contribution >= 4 is 41.2 Å². The summed E-state index contributed by atoms with van der Waals surface area (Å²) in [5, 5.41) is 18.8. The van der Waals surface area contributed by atoms with Gasteiger partial charge in [-0.3, -0.25) is 19.8 Å². The molecule has 1 heterocycles. The molecule has 172 valence electrons. The third kappa shape index (κ3) is 4.58. The summed E-state index contributed by atoms with van der Waals surface area (Å²) in [6.07, 6.45) is 1.57. The van der Waals surface area contributed by atoms with Gasteiger partial charge in [0.05, 0.1) is 16.4 Å². The van der Waals surface area contributed by atoms with Crippen molar-refractivity contribution in [2.24, 2.45) is 12.8 Å². The number of aromatic nitrogens is 2. The zero-order valence-electron chi connectivity index (χ0n) is 17.9. The molecule has 0 saturated heterocycles. The summed E-state index contributed by atoms with van der Waals surface area (Å²) in [4.78, 5) is 40.8. The van der Waals surface area contributed by atoms with Crippen LogP contribution < -0.4 is 16.6 Å². The zero-order chi connectivity index (χ0) is 23.0. The highest BCUT2D eigenvalue weighted by Gasteiger charge is 2.51. The Kier molecular flexibility index (Phi) is 6.55. The Balaban J connectivity index is 0.00000306. The molecular formula is C23H24ClN5O4. The Morgan fingerprint density at radius 3 is 2.45 bits per heavy atom. The summed E-state index contributed by atoms with van der Waals surface area (Å²) in [5.41, 5.74) is 8.38. The molecule has 2 aromatic carbocycles. The molecule has 0 bridgehead atoms. The molecule has 3 aromatic rings. The van der Waals surface area contributed by atoms with E-state index < -0.39 is 17.9 Å². The molecule has 0 unspecified atom stereocenters. The van der Waals surface area contributed by atoms with Gasteiger partial charge in [-0.25, -0.2) is 4.98 Å². The lowest BCUT2D eigenvalue weighted by molar-refractivity contribution is -0.138. The summed E-state index contributed by atoms with van der Waals surface area (Å²) < 4.78 is 1.54. The number of nitrogens with zero attached hydrogens (tertiary/aromatic N) is 2. The number of carbonyl (C=O) groups is 2. The minimum absolute atomic E-state index is 0. The van der Waals surface area contributed by atoms with E-state index in [0.29, 0.717) is 41.6 Å². The van der Waals surface area contributed by atoms with E-state index in [4.69, 9.17) is 16.2 Å². The normalized spacial score (nSPS) is 13.7. The molecule has 4 rings (SSSR count). The smallest absolute Gasteiger partial charge is 0.322 e. The second-order valence-electron chi connectivity index (χ2n) is 8.07. The van der Waals surface area contributed by atoms with Crippen LogP contribution in [0.1, 0.15) is 35.2 Å². The Hall–Kier alpha value is -3.72. The van der Waals surface area contributed by atoms with Crippen LogP contribution in [0.15, 0.2) is 47.3 Å². The number of nitrogen functional groups attached to an aromatic ring is 1. The Morgan fingerprint density at radius 1 is 1.21 bits per heavy atom. The highest BCUT2D eigenvalue weighted by Crippen LogP contribution is 2.48. The number of nitrogens with one attached hydrogen (secondary N) is 2. The van der Waals surface area contributed by atoms with E-state index in [2.05, 4.69) is 10.3 Å². The molecule has 0 atom stereocenters. The summed E-state index contributed by atoms with van der Waals surface area (Å²) >= 11 is 0. The van der Waals surface area contributed by atoms with Crippen molar-refractivity contribution in [1.29, 1.82) is 5.41 Å². The first-order valence-electron chi connectivity index (χ1n) is 10.1. The third-order valence-electron chi connectivity index (χ3n) is 5.92. The summed E-state index contributed by atoms with van der Waals surface area (Å²) in [6.45, 7) is -0.423. The minimum Gasteiger partial charge on any atom is -0.480 e. The zero-order valence-corrected chi connectivity index (χ0v) is 18.7. The fourth-order valence-electron chi connectivity index (χ4n) is 3.90. The van der Waals surface area contributed by atoms with Crippen molar-refractivity contribution in [3.63, 3.8) is 0 Å². The van der Waals surface area contributed by atoms with Crippen molar-refractivity contribution in [2.45, 2.75) is 24.7 Å². The number of hydrogen-bond acceptors (Lipinski definition) is 5. The fourth-order valence-corrected chi connectivity index (χ4v) is 3.90. The number of nitrogens with two attached hydrogens (primary N) is 1. The molecule has 0 radical (unpaired) electrons. The van der Waals surface area contributed by atoms with E-state index in [9.17, 15) is 14.4 Å². The summed E-state index contributed by atoms with van der Waals surface area (Å²) in [6, 6.07) is 12.5. The van der Waals surface area contributed by atoms with Crippen LogP contribution in [-0.4, -0.2) is 38.9 Å². The van der Waals surface area contributed by atoms with Gasteiger partial charge in [0.1, 0.15) is 18.1 Å². The third-order valence-corrected chi connectivity index (χ3v) is 5.92. The minimum atomic E-state index is -1.09. The highest BCUT2D eigenvalue weighted by atomic mass is 35.5. The number of aliphatic carboxylic acids is 1. The van der Waals surface area contributed by atoms with Crippen LogP contribution in [0.5, 0.6) is 0 Å². The summed E-state index contributed by atoms with van der Waals surface area (Å²) in [5.74, 6) is -1.43. The second kappa shape index (κ2) is 9.03. The number of amides is 1. The molecule has 1 aliphatic carbocycles. The molecule has 1 aliphatic rings. The number of carbonyl (C=O) groups excluding carboxylic acids is 1. The quantitative estimate of drug-likeness (QED) is 0.304.